The van der Waals surface area contributed by atoms with Crippen LogP contribution in [0.25, 0.3) is 0 Å². The SMILES string of the molecule is C#CC1CC(=O)N(CCC(O)c2ccccc2)C1. The fourth-order valence-electron chi connectivity index (χ4n) is 2.22. The molecule has 1 saturated heterocycles. The van der Waals surface area contributed by atoms with E-state index in [1.165, 1.54) is 0 Å². The molecule has 1 heterocycles. The number of nitrogens with zero attached hydrogens (tertiary/aromatic N) is 1. The van der Waals surface area contributed by atoms with Crippen LogP contribution in [0.2, 0.25) is 0 Å². The molecule has 1 aromatic carbocycles. The second-order valence-electron chi connectivity index (χ2n) is 4.62. The highest BCUT2D eigenvalue weighted by Crippen LogP contribution is 2.21. The van der Waals surface area contributed by atoms with Gasteiger partial charge in [0.1, 0.15) is 0 Å². The summed E-state index contributed by atoms with van der Waals surface area (Å²) in [6.07, 6.45) is 5.79. The standard InChI is InChI=1S/C15H17NO2/c1-2-12-10-15(18)16(11-12)9-8-14(17)13-6-4-3-5-7-13/h1,3-7,12,14,17H,8-11H2. The van der Waals surface area contributed by atoms with E-state index in [4.69, 9.17) is 6.42 Å². The Morgan fingerprint density at radius 1 is 1.44 bits per heavy atom. The van der Waals surface area contributed by atoms with Crippen LogP contribution in [0, 0.1) is 18.3 Å². The van der Waals surface area contributed by atoms with Crippen LogP contribution in [0.1, 0.15) is 24.5 Å². The Labute approximate surface area is 107 Å². The lowest BCUT2D eigenvalue weighted by molar-refractivity contribution is -0.127. The van der Waals surface area contributed by atoms with Crippen molar-refractivity contribution in [3.8, 4) is 12.3 Å². The number of aliphatic hydroxyl groups excluding tert-OH is 1. The normalized spacial score (nSPS) is 20.8. The molecule has 2 unspecified atom stereocenters. The smallest absolute Gasteiger partial charge is 0.223 e. The van der Waals surface area contributed by atoms with Crippen LogP contribution in [0.5, 0.6) is 0 Å². The number of hydrogen-bond acceptors (Lipinski definition) is 2. The van der Waals surface area contributed by atoms with E-state index in [0.29, 0.717) is 25.9 Å². The summed E-state index contributed by atoms with van der Waals surface area (Å²) in [4.78, 5) is 13.4. The highest BCUT2D eigenvalue weighted by atomic mass is 16.3. The van der Waals surface area contributed by atoms with Crippen LogP contribution >= 0.6 is 0 Å². The minimum atomic E-state index is -0.524. The van der Waals surface area contributed by atoms with Gasteiger partial charge in [0.2, 0.25) is 5.91 Å². The molecule has 3 nitrogen and oxygen atoms in total. The molecule has 3 heteroatoms. The van der Waals surface area contributed by atoms with Gasteiger partial charge in [-0.1, -0.05) is 30.3 Å². The third kappa shape index (κ3) is 2.91. The molecule has 94 valence electrons. The fourth-order valence-corrected chi connectivity index (χ4v) is 2.22. The van der Waals surface area contributed by atoms with Crippen molar-refractivity contribution in [1.82, 2.24) is 4.90 Å². The summed E-state index contributed by atoms with van der Waals surface area (Å²) in [6, 6.07) is 9.49. The molecule has 0 radical (unpaired) electrons. The molecule has 2 rings (SSSR count). The first-order chi connectivity index (χ1) is 8.70. The Hall–Kier alpha value is -1.79. The van der Waals surface area contributed by atoms with Crippen molar-refractivity contribution in [2.75, 3.05) is 13.1 Å². The zero-order chi connectivity index (χ0) is 13.0. The van der Waals surface area contributed by atoms with Gasteiger partial charge in [-0.3, -0.25) is 4.79 Å². The summed E-state index contributed by atoms with van der Waals surface area (Å²) in [6.45, 7) is 1.18. The molecule has 0 aromatic heterocycles. The molecule has 1 N–H and O–H groups in total. The maximum absolute atomic E-state index is 11.6. The molecule has 1 amide bonds. The predicted molar refractivity (Wildman–Crippen MR) is 69.5 cm³/mol. The van der Waals surface area contributed by atoms with Gasteiger partial charge < -0.3 is 10.0 Å². The van der Waals surface area contributed by atoms with Gasteiger partial charge in [-0.05, 0) is 12.0 Å². The van der Waals surface area contributed by atoms with Crippen molar-refractivity contribution in [3.63, 3.8) is 0 Å². The third-order valence-corrected chi connectivity index (χ3v) is 3.31. The molecule has 0 spiro atoms. The Morgan fingerprint density at radius 2 is 2.17 bits per heavy atom. The molecule has 2 atom stereocenters. The zero-order valence-electron chi connectivity index (χ0n) is 10.2. The van der Waals surface area contributed by atoms with E-state index in [-0.39, 0.29) is 11.8 Å². The Kier molecular flexibility index (Phi) is 4.01. The number of amides is 1. The number of carbonyl (C=O) groups is 1. The number of benzene rings is 1. The molecule has 1 fully saturated rings. The minimum Gasteiger partial charge on any atom is -0.388 e. The van der Waals surface area contributed by atoms with E-state index < -0.39 is 6.10 Å². The Balaban J connectivity index is 1.86. The van der Waals surface area contributed by atoms with E-state index in [9.17, 15) is 9.90 Å². The number of aliphatic hydroxyl groups is 1. The number of hydrogen-bond donors (Lipinski definition) is 1. The summed E-state index contributed by atoms with van der Waals surface area (Å²) < 4.78 is 0. The highest BCUT2D eigenvalue weighted by Gasteiger charge is 2.28. The minimum absolute atomic E-state index is 0.0337. The summed E-state index contributed by atoms with van der Waals surface area (Å²) in [7, 11) is 0. The number of rotatable bonds is 4. The summed E-state index contributed by atoms with van der Waals surface area (Å²) in [5, 5.41) is 10.0. The average molecular weight is 243 g/mol. The van der Waals surface area contributed by atoms with Gasteiger partial charge in [-0.25, -0.2) is 0 Å². The maximum atomic E-state index is 11.6. The van der Waals surface area contributed by atoms with Crippen LogP contribution in [-0.4, -0.2) is 29.0 Å². The lowest BCUT2D eigenvalue weighted by Crippen LogP contribution is -2.27. The van der Waals surface area contributed by atoms with Crippen LogP contribution in [0.15, 0.2) is 30.3 Å². The lowest BCUT2D eigenvalue weighted by atomic mass is 10.1. The van der Waals surface area contributed by atoms with Gasteiger partial charge in [0, 0.05) is 25.4 Å². The van der Waals surface area contributed by atoms with Gasteiger partial charge >= 0.3 is 0 Å². The number of likely N-dealkylation sites (tertiary alicyclic amines) is 1. The van der Waals surface area contributed by atoms with Crippen molar-refractivity contribution in [2.24, 2.45) is 5.92 Å². The van der Waals surface area contributed by atoms with Gasteiger partial charge in [0.15, 0.2) is 0 Å². The zero-order valence-corrected chi connectivity index (χ0v) is 10.2. The maximum Gasteiger partial charge on any atom is 0.223 e. The first-order valence-corrected chi connectivity index (χ1v) is 6.17. The van der Waals surface area contributed by atoms with E-state index >= 15 is 0 Å². The lowest BCUT2D eigenvalue weighted by Gasteiger charge is -2.18. The first-order valence-electron chi connectivity index (χ1n) is 6.17. The Bertz CT molecular complexity index is 449. The molecule has 1 aliphatic rings. The number of carbonyl (C=O) groups excluding carboxylic acids is 1. The molecule has 0 saturated carbocycles. The Morgan fingerprint density at radius 3 is 2.78 bits per heavy atom. The van der Waals surface area contributed by atoms with Crippen LogP contribution < -0.4 is 0 Å². The van der Waals surface area contributed by atoms with Crippen LogP contribution in [0.4, 0.5) is 0 Å². The van der Waals surface area contributed by atoms with Gasteiger partial charge in [-0.2, -0.15) is 0 Å². The second kappa shape index (κ2) is 5.70. The summed E-state index contributed by atoms with van der Waals surface area (Å²) >= 11 is 0. The number of terminal acetylenes is 1. The molecular formula is C15H17NO2. The van der Waals surface area contributed by atoms with Crippen molar-refractivity contribution < 1.29 is 9.90 Å². The van der Waals surface area contributed by atoms with Crippen LogP contribution in [-0.2, 0) is 4.79 Å². The van der Waals surface area contributed by atoms with Crippen molar-refractivity contribution >= 4 is 5.91 Å². The molecule has 1 aromatic rings. The molecule has 0 bridgehead atoms. The van der Waals surface area contributed by atoms with Gasteiger partial charge in [0.25, 0.3) is 0 Å². The van der Waals surface area contributed by atoms with Crippen LogP contribution in [0.3, 0.4) is 0 Å². The van der Waals surface area contributed by atoms with Crippen molar-refractivity contribution in [3.05, 3.63) is 35.9 Å². The third-order valence-electron chi connectivity index (χ3n) is 3.31. The monoisotopic (exact) mass is 243 g/mol. The first kappa shape index (κ1) is 12.7. The predicted octanol–water partition coefficient (Wildman–Crippen LogP) is 1.59. The van der Waals surface area contributed by atoms with E-state index in [1.54, 1.807) is 4.90 Å². The van der Waals surface area contributed by atoms with Gasteiger partial charge in [-0.15, -0.1) is 12.3 Å². The molecule has 1 aliphatic heterocycles. The molecule has 18 heavy (non-hydrogen) atoms. The van der Waals surface area contributed by atoms with E-state index in [2.05, 4.69) is 5.92 Å². The van der Waals surface area contributed by atoms with Crippen molar-refractivity contribution in [1.29, 1.82) is 0 Å². The summed E-state index contributed by atoms with van der Waals surface area (Å²) in [5.74, 6) is 2.75. The average Bonchev–Trinajstić information content (AvgIpc) is 2.77. The fraction of sp³-hybridized carbons (Fsp3) is 0.400. The summed E-state index contributed by atoms with van der Waals surface area (Å²) in [5.41, 5.74) is 0.887. The van der Waals surface area contributed by atoms with E-state index in [0.717, 1.165) is 5.56 Å². The van der Waals surface area contributed by atoms with Crippen molar-refractivity contribution in [2.45, 2.75) is 18.9 Å². The molecule has 0 aliphatic carbocycles. The quantitative estimate of drug-likeness (QED) is 0.816. The van der Waals surface area contributed by atoms with E-state index in [1.807, 2.05) is 30.3 Å². The second-order valence-corrected chi connectivity index (χ2v) is 4.62. The highest BCUT2D eigenvalue weighted by molar-refractivity contribution is 5.79. The largest absolute Gasteiger partial charge is 0.388 e. The van der Waals surface area contributed by atoms with Gasteiger partial charge in [0.05, 0.1) is 6.10 Å². The topological polar surface area (TPSA) is 40.5 Å². The molecular weight excluding hydrogens is 226 g/mol.